The van der Waals surface area contributed by atoms with E-state index in [0.29, 0.717) is 15.1 Å². The molecular weight excluding hydrogens is 316 g/mol. The van der Waals surface area contributed by atoms with Crippen LogP contribution in [0.3, 0.4) is 0 Å². The van der Waals surface area contributed by atoms with Crippen LogP contribution in [0.15, 0.2) is 64.5 Å². The first-order chi connectivity index (χ1) is 10.6. The van der Waals surface area contributed by atoms with E-state index in [0.717, 1.165) is 16.8 Å². The maximum absolute atomic E-state index is 12.2. The maximum atomic E-state index is 12.2. The van der Waals surface area contributed by atoms with E-state index in [4.69, 9.17) is 11.6 Å². The van der Waals surface area contributed by atoms with Crippen molar-refractivity contribution in [1.82, 2.24) is 5.32 Å². The largest absolute Gasteiger partial charge is 0.300 e. The van der Waals surface area contributed by atoms with Gasteiger partial charge < -0.3 is 5.32 Å². The van der Waals surface area contributed by atoms with Crippen LogP contribution in [0, 0.1) is 0 Å². The molecule has 0 aromatic heterocycles. The average Bonchev–Trinajstić information content (AvgIpc) is 2.89. The highest BCUT2D eigenvalue weighted by molar-refractivity contribution is 8.18. The zero-order valence-electron chi connectivity index (χ0n) is 11.8. The molecule has 0 radical (unpaired) electrons. The number of thioether (sulfide) groups is 1. The van der Waals surface area contributed by atoms with Crippen molar-refractivity contribution >= 4 is 45.7 Å². The van der Waals surface area contributed by atoms with Gasteiger partial charge in [0.15, 0.2) is 5.17 Å². The van der Waals surface area contributed by atoms with E-state index in [2.05, 4.69) is 10.3 Å². The van der Waals surface area contributed by atoms with Crippen molar-refractivity contribution in [3.63, 3.8) is 0 Å². The van der Waals surface area contributed by atoms with Gasteiger partial charge >= 0.3 is 0 Å². The third-order valence-corrected chi connectivity index (χ3v) is 4.56. The van der Waals surface area contributed by atoms with Gasteiger partial charge in [-0.1, -0.05) is 41.9 Å². The van der Waals surface area contributed by atoms with Crippen molar-refractivity contribution in [3.05, 3.63) is 70.1 Å². The minimum atomic E-state index is -0.118. The molecule has 0 aliphatic carbocycles. The average molecular weight is 329 g/mol. The number of carbonyl (C=O) groups excluding carboxylic acids is 1. The van der Waals surface area contributed by atoms with Crippen molar-refractivity contribution in [3.8, 4) is 0 Å². The number of rotatable bonds is 2. The quantitative estimate of drug-likeness (QED) is 0.817. The molecule has 1 aliphatic heterocycles. The Kier molecular flexibility index (Phi) is 4.32. The van der Waals surface area contributed by atoms with Crippen molar-refractivity contribution in [2.45, 2.75) is 6.92 Å². The molecule has 0 unspecified atom stereocenters. The number of aliphatic imine (C=N–C) groups is 1. The first-order valence-electron chi connectivity index (χ1n) is 6.73. The summed E-state index contributed by atoms with van der Waals surface area (Å²) in [5.41, 5.74) is 2.70. The lowest BCUT2D eigenvalue weighted by atomic mass is 10.1. The molecule has 22 heavy (non-hydrogen) atoms. The minimum Gasteiger partial charge on any atom is -0.300 e. The lowest BCUT2D eigenvalue weighted by Gasteiger charge is -2.03. The summed E-state index contributed by atoms with van der Waals surface area (Å²) in [5, 5.41) is 4.08. The summed E-state index contributed by atoms with van der Waals surface area (Å²) >= 11 is 7.26. The molecule has 2 aromatic rings. The molecule has 1 heterocycles. The Morgan fingerprint density at radius 3 is 2.45 bits per heavy atom. The van der Waals surface area contributed by atoms with E-state index >= 15 is 0 Å². The van der Waals surface area contributed by atoms with Crippen LogP contribution in [0.4, 0.5) is 5.69 Å². The summed E-state index contributed by atoms with van der Waals surface area (Å²) in [6.45, 7) is 1.93. The fraction of sp³-hybridized carbons (Fsp3) is 0.0588. The van der Waals surface area contributed by atoms with Gasteiger partial charge in [0.25, 0.3) is 5.91 Å². The summed E-state index contributed by atoms with van der Waals surface area (Å²) in [6, 6.07) is 17.0. The van der Waals surface area contributed by atoms with Crippen molar-refractivity contribution in [1.29, 1.82) is 0 Å². The topological polar surface area (TPSA) is 41.5 Å². The molecule has 0 bridgehead atoms. The van der Waals surface area contributed by atoms with Crippen molar-refractivity contribution < 1.29 is 4.79 Å². The van der Waals surface area contributed by atoms with Gasteiger partial charge in [-0.3, -0.25) is 4.79 Å². The molecule has 110 valence electrons. The third kappa shape index (κ3) is 3.24. The number of hydrogen-bond donors (Lipinski definition) is 1. The summed E-state index contributed by atoms with van der Waals surface area (Å²) < 4.78 is 0. The lowest BCUT2D eigenvalue weighted by molar-refractivity contribution is -0.115. The first-order valence-corrected chi connectivity index (χ1v) is 7.93. The highest BCUT2D eigenvalue weighted by Crippen LogP contribution is 2.33. The van der Waals surface area contributed by atoms with Gasteiger partial charge in [-0.15, -0.1) is 0 Å². The number of carbonyl (C=O) groups is 1. The fourth-order valence-electron chi connectivity index (χ4n) is 2.07. The van der Waals surface area contributed by atoms with Gasteiger partial charge in [-0.25, -0.2) is 4.99 Å². The summed E-state index contributed by atoms with van der Waals surface area (Å²) in [5.74, 6) is -0.118. The molecule has 0 spiro atoms. The molecular formula is C17H13ClN2OS. The monoisotopic (exact) mass is 328 g/mol. The van der Waals surface area contributed by atoms with Crippen molar-refractivity contribution in [2.24, 2.45) is 4.99 Å². The number of allylic oxidation sites excluding steroid dienone is 1. The normalized spacial score (nSPS) is 18.5. The summed E-state index contributed by atoms with van der Waals surface area (Å²) in [4.78, 5) is 17.3. The SMILES string of the molecule is C/C(=C1\SC(=Nc2ccccc2)NC1=O)c1ccc(Cl)cc1. The Morgan fingerprint density at radius 1 is 1.09 bits per heavy atom. The number of hydrogen-bond acceptors (Lipinski definition) is 3. The van der Waals surface area contributed by atoms with E-state index < -0.39 is 0 Å². The number of nitrogens with one attached hydrogen (secondary N) is 1. The lowest BCUT2D eigenvalue weighted by Crippen LogP contribution is -2.19. The molecule has 1 saturated heterocycles. The van der Waals surface area contributed by atoms with E-state index in [1.54, 1.807) is 0 Å². The van der Waals surface area contributed by atoms with Crippen LogP contribution in [0.2, 0.25) is 5.02 Å². The van der Waals surface area contributed by atoms with E-state index in [9.17, 15) is 4.79 Å². The molecule has 2 aromatic carbocycles. The van der Waals surface area contributed by atoms with Gasteiger partial charge in [-0.05, 0) is 54.1 Å². The Morgan fingerprint density at radius 2 is 1.77 bits per heavy atom. The molecule has 0 saturated carbocycles. The zero-order chi connectivity index (χ0) is 15.5. The van der Waals surface area contributed by atoms with Crippen LogP contribution < -0.4 is 5.32 Å². The van der Waals surface area contributed by atoms with Crippen LogP contribution in [0.1, 0.15) is 12.5 Å². The fourth-order valence-corrected chi connectivity index (χ4v) is 3.10. The van der Waals surface area contributed by atoms with Crippen LogP contribution in [0.5, 0.6) is 0 Å². The minimum absolute atomic E-state index is 0.118. The predicted molar refractivity (Wildman–Crippen MR) is 93.3 cm³/mol. The second kappa shape index (κ2) is 6.38. The molecule has 3 rings (SSSR count). The number of amidine groups is 1. The Hall–Kier alpha value is -2.04. The highest BCUT2D eigenvalue weighted by Gasteiger charge is 2.26. The molecule has 1 aliphatic rings. The van der Waals surface area contributed by atoms with E-state index in [1.165, 1.54) is 11.8 Å². The number of amides is 1. The van der Waals surface area contributed by atoms with Crippen LogP contribution >= 0.6 is 23.4 Å². The van der Waals surface area contributed by atoms with Crippen LogP contribution in [0.25, 0.3) is 5.57 Å². The standard InChI is InChI=1S/C17H13ClN2OS/c1-11(12-7-9-13(18)10-8-12)15-16(21)20-17(22-15)19-14-5-3-2-4-6-14/h2-10H,1H3,(H,19,20,21)/b15-11+. The number of nitrogens with zero attached hydrogens (tertiary/aromatic N) is 1. The van der Waals surface area contributed by atoms with Crippen LogP contribution in [-0.4, -0.2) is 11.1 Å². The van der Waals surface area contributed by atoms with E-state index in [1.807, 2.05) is 61.5 Å². The van der Waals surface area contributed by atoms with Gasteiger partial charge in [-0.2, -0.15) is 0 Å². The van der Waals surface area contributed by atoms with Crippen molar-refractivity contribution in [2.75, 3.05) is 0 Å². The molecule has 1 fully saturated rings. The highest BCUT2D eigenvalue weighted by atomic mass is 35.5. The van der Waals surface area contributed by atoms with Gasteiger partial charge in [0.05, 0.1) is 10.6 Å². The second-order valence-electron chi connectivity index (χ2n) is 4.77. The molecule has 1 N–H and O–H groups in total. The van der Waals surface area contributed by atoms with Gasteiger partial charge in [0.2, 0.25) is 0 Å². The van der Waals surface area contributed by atoms with E-state index in [-0.39, 0.29) is 5.91 Å². The zero-order valence-corrected chi connectivity index (χ0v) is 13.4. The Bertz CT molecular complexity index is 767. The Balaban J connectivity index is 1.90. The van der Waals surface area contributed by atoms with Crippen LogP contribution in [-0.2, 0) is 4.79 Å². The number of halogens is 1. The van der Waals surface area contributed by atoms with Gasteiger partial charge in [0.1, 0.15) is 0 Å². The van der Waals surface area contributed by atoms with Gasteiger partial charge in [0, 0.05) is 5.02 Å². The second-order valence-corrected chi connectivity index (χ2v) is 6.21. The molecule has 0 atom stereocenters. The molecule has 3 nitrogen and oxygen atoms in total. The predicted octanol–water partition coefficient (Wildman–Crippen LogP) is 4.62. The maximum Gasteiger partial charge on any atom is 0.264 e. The number of para-hydroxylation sites is 1. The third-order valence-electron chi connectivity index (χ3n) is 3.23. The number of benzene rings is 2. The summed E-state index contributed by atoms with van der Waals surface area (Å²) in [6.07, 6.45) is 0. The smallest absolute Gasteiger partial charge is 0.264 e. The first kappa shape index (κ1) is 14.9. The molecule has 5 heteroatoms. The Labute approximate surface area is 138 Å². The summed E-state index contributed by atoms with van der Waals surface area (Å²) in [7, 11) is 0. The molecule has 1 amide bonds.